The molecule has 0 saturated carbocycles. The van der Waals surface area contributed by atoms with Crippen LogP contribution < -0.4 is 4.90 Å². The van der Waals surface area contributed by atoms with Crippen LogP contribution in [0.5, 0.6) is 0 Å². The molecule has 9 aromatic carbocycles. The monoisotopic (exact) mass is 716 g/mol. The number of rotatable bonds is 5. The Hall–Kier alpha value is -7.56. The van der Waals surface area contributed by atoms with Gasteiger partial charge in [0.2, 0.25) is 0 Å². The molecular formula is C52H32N2O2. The van der Waals surface area contributed by atoms with Crippen molar-refractivity contribution in [2.75, 3.05) is 4.90 Å². The molecule has 262 valence electrons. The second-order valence-corrected chi connectivity index (χ2v) is 14.5. The SMILES string of the molecule is c1ccc2c(c1)ccc1c2oc2cccc(-c3ccc(N(c4ccc(-n5c6ccccc6c6ccccc65)cc4)c4ccc5c(c4)oc4ccccc45)cc3)c21. The molecule has 12 rings (SSSR count). The molecule has 56 heavy (non-hydrogen) atoms. The second-order valence-electron chi connectivity index (χ2n) is 14.5. The Morgan fingerprint density at radius 2 is 0.964 bits per heavy atom. The maximum absolute atomic E-state index is 6.53. The van der Waals surface area contributed by atoms with Crippen molar-refractivity contribution < 1.29 is 8.83 Å². The summed E-state index contributed by atoms with van der Waals surface area (Å²) in [5, 5.41) is 9.29. The standard InChI is InChI=1S/C52H32N2O2/c1-2-11-40-33(10-1)22-30-45-51-39(15-9-19-49(51)56-52(40)45)34-20-23-35(24-21-34)53(38-29-31-44-43-14-5-8-18-48(43)55-50(44)32-38)36-25-27-37(28-26-36)54-46-16-6-3-12-41(46)42-13-4-7-17-47(42)54/h1-32H. The van der Waals surface area contributed by atoms with E-state index in [1.807, 2.05) is 12.1 Å². The van der Waals surface area contributed by atoms with E-state index in [-0.39, 0.29) is 0 Å². The van der Waals surface area contributed by atoms with Crippen LogP contribution in [-0.4, -0.2) is 4.57 Å². The van der Waals surface area contributed by atoms with Crippen molar-refractivity contribution in [2.24, 2.45) is 0 Å². The molecule has 4 nitrogen and oxygen atoms in total. The van der Waals surface area contributed by atoms with E-state index in [4.69, 9.17) is 8.83 Å². The Bertz CT molecular complexity index is 3420. The quantitative estimate of drug-likeness (QED) is 0.178. The number of furan rings is 2. The Morgan fingerprint density at radius 1 is 0.375 bits per heavy atom. The van der Waals surface area contributed by atoms with Crippen LogP contribution in [-0.2, 0) is 0 Å². The summed E-state index contributed by atoms with van der Waals surface area (Å²) in [6.07, 6.45) is 0. The second kappa shape index (κ2) is 12.0. The summed E-state index contributed by atoms with van der Waals surface area (Å²) in [6, 6.07) is 69.0. The summed E-state index contributed by atoms with van der Waals surface area (Å²) >= 11 is 0. The van der Waals surface area contributed by atoms with Gasteiger partial charge in [-0.3, -0.25) is 0 Å². The zero-order valence-corrected chi connectivity index (χ0v) is 30.2. The smallest absolute Gasteiger partial charge is 0.143 e. The van der Waals surface area contributed by atoms with Gasteiger partial charge in [0.25, 0.3) is 0 Å². The van der Waals surface area contributed by atoms with Crippen molar-refractivity contribution in [3.05, 3.63) is 194 Å². The minimum atomic E-state index is 0.859. The van der Waals surface area contributed by atoms with Crippen LogP contribution >= 0.6 is 0 Å². The van der Waals surface area contributed by atoms with Crippen LogP contribution in [0.15, 0.2) is 203 Å². The van der Waals surface area contributed by atoms with Gasteiger partial charge in [-0.05, 0) is 95.4 Å². The Balaban J connectivity index is 0.999. The normalized spacial score (nSPS) is 11.9. The van der Waals surface area contributed by atoms with Crippen LogP contribution in [0.4, 0.5) is 17.1 Å². The van der Waals surface area contributed by atoms with Crippen molar-refractivity contribution in [1.82, 2.24) is 4.57 Å². The fourth-order valence-corrected chi connectivity index (χ4v) is 8.84. The fourth-order valence-electron chi connectivity index (χ4n) is 8.84. The van der Waals surface area contributed by atoms with E-state index in [1.165, 1.54) is 27.2 Å². The maximum atomic E-state index is 6.53. The molecular weight excluding hydrogens is 685 g/mol. The average molecular weight is 717 g/mol. The molecule has 3 heterocycles. The average Bonchev–Trinajstić information content (AvgIpc) is 3.94. The molecule has 0 amide bonds. The van der Waals surface area contributed by atoms with Gasteiger partial charge >= 0.3 is 0 Å². The first-order valence-corrected chi connectivity index (χ1v) is 19.0. The minimum absolute atomic E-state index is 0.859. The molecule has 0 radical (unpaired) electrons. The highest BCUT2D eigenvalue weighted by atomic mass is 16.3. The zero-order chi connectivity index (χ0) is 36.7. The molecule has 0 aliphatic carbocycles. The van der Waals surface area contributed by atoms with Gasteiger partial charge in [0.15, 0.2) is 0 Å². The third-order valence-corrected chi connectivity index (χ3v) is 11.4. The maximum Gasteiger partial charge on any atom is 0.143 e. The molecule has 0 saturated heterocycles. The van der Waals surface area contributed by atoms with Gasteiger partial charge in [-0.15, -0.1) is 0 Å². The van der Waals surface area contributed by atoms with Gasteiger partial charge in [0, 0.05) is 66.5 Å². The van der Waals surface area contributed by atoms with Crippen molar-refractivity contribution in [1.29, 1.82) is 0 Å². The van der Waals surface area contributed by atoms with Crippen LogP contribution in [0.3, 0.4) is 0 Å². The van der Waals surface area contributed by atoms with Crippen LogP contribution in [0.2, 0.25) is 0 Å². The van der Waals surface area contributed by atoms with Gasteiger partial charge < -0.3 is 18.3 Å². The summed E-state index contributed by atoms with van der Waals surface area (Å²) in [6.45, 7) is 0. The lowest BCUT2D eigenvalue weighted by molar-refractivity contribution is 0.669. The number of anilines is 3. The summed E-state index contributed by atoms with van der Waals surface area (Å²) < 4.78 is 15.3. The first kappa shape index (κ1) is 30.9. The fraction of sp³-hybridized carbons (Fsp3) is 0. The lowest BCUT2D eigenvalue weighted by Crippen LogP contribution is -2.10. The predicted molar refractivity (Wildman–Crippen MR) is 233 cm³/mol. The van der Waals surface area contributed by atoms with E-state index >= 15 is 0 Å². The lowest BCUT2D eigenvalue weighted by Gasteiger charge is -2.26. The summed E-state index contributed by atoms with van der Waals surface area (Å²) in [4.78, 5) is 2.31. The van der Waals surface area contributed by atoms with Crippen molar-refractivity contribution >= 4 is 93.5 Å². The van der Waals surface area contributed by atoms with Crippen LogP contribution in [0.25, 0.3) is 93.3 Å². The molecule has 0 N–H and O–H groups in total. The van der Waals surface area contributed by atoms with Crippen molar-refractivity contribution in [3.63, 3.8) is 0 Å². The van der Waals surface area contributed by atoms with Gasteiger partial charge in [-0.1, -0.05) is 109 Å². The molecule has 0 aliphatic heterocycles. The third kappa shape index (κ3) is 4.60. The summed E-state index contributed by atoms with van der Waals surface area (Å²) in [7, 11) is 0. The van der Waals surface area contributed by atoms with E-state index in [0.717, 1.165) is 83.1 Å². The number of fused-ring (bicyclic) bond motifs is 11. The highest BCUT2D eigenvalue weighted by molar-refractivity contribution is 6.19. The number of aromatic nitrogens is 1. The molecule has 0 spiro atoms. The predicted octanol–water partition coefficient (Wildman–Crippen LogP) is 14.9. The number of hydrogen-bond acceptors (Lipinski definition) is 3. The van der Waals surface area contributed by atoms with Crippen molar-refractivity contribution in [3.8, 4) is 16.8 Å². The van der Waals surface area contributed by atoms with E-state index in [0.29, 0.717) is 0 Å². The summed E-state index contributed by atoms with van der Waals surface area (Å²) in [5.41, 5.74) is 12.5. The third-order valence-electron chi connectivity index (χ3n) is 11.4. The number of nitrogens with zero attached hydrogens (tertiary/aromatic N) is 2. The summed E-state index contributed by atoms with van der Waals surface area (Å²) in [5.74, 6) is 0. The largest absolute Gasteiger partial charge is 0.456 e. The van der Waals surface area contributed by atoms with Crippen LogP contribution in [0, 0.1) is 0 Å². The van der Waals surface area contributed by atoms with E-state index in [1.54, 1.807) is 0 Å². The number of benzene rings is 9. The van der Waals surface area contributed by atoms with Crippen LogP contribution in [0.1, 0.15) is 0 Å². The topological polar surface area (TPSA) is 34.5 Å². The van der Waals surface area contributed by atoms with Crippen molar-refractivity contribution in [2.45, 2.75) is 0 Å². The molecule has 0 bridgehead atoms. The van der Waals surface area contributed by atoms with E-state index in [9.17, 15) is 0 Å². The Morgan fingerprint density at radius 3 is 1.73 bits per heavy atom. The van der Waals surface area contributed by atoms with Gasteiger partial charge in [0.1, 0.15) is 22.3 Å². The Kier molecular flexibility index (Phi) is 6.60. The van der Waals surface area contributed by atoms with E-state index in [2.05, 4.69) is 191 Å². The Labute approximate surface area is 321 Å². The molecule has 0 fully saturated rings. The van der Waals surface area contributed by atoms with Gasteiger partial charge in [0.05, 0.1) is 11.0 Å². The number of para-hydroxylation sites is 3. The zero-order valence-electron chi connectivity index (χ0n) is 30.2. The highest BCUT2D eigenvalue weighted by Gasteiger charge is 2.19. The first-order chi connectivity index (χ1) is 27.8. The van der Waals surface area contributed by atoms with E-state index < -0.39 is 0 Å². The minimum Gasteiger partial charge on any atom is -0.456 e. The molecule has 0 atom stereocenters. The van der Waals surface area contributed by atoms with Gasteiger partial charge in [-0.25, -0.2) is 0 Å². The highest BCUT2D eigenvalue weighted by Crippen LogP contribution is 2.43. The molecule has 4 heteroatoms. The molecule has 0 aliphatic rings. The van der Waals surface area contributed by atoms with Gasteiger partial charge in [-0.2, -0.15) is 0 Å². The lowest BCUT2D eigenvalue weighted by atomic mass is 9.98. The molecule has 0 unspecified atom stereocenters. The number of hydrogen-bond donors (Lipinski definition) is 0. The molecule has 3 aromatic heterocycles. The molecule has 12 aromatic rings. The first-order valence-electron chi connectivity index (χ1n) is 19.0.